The summed E-state index contributed by atoms with van der Waals surface area (Å²) >= 11 is 0. The number of benzene rings is 2. The SMILES string of the molecule is CCCCCCCCCCCCCCCCCCOCCOCCOCCOCCOCCO[Si](c1ccccc1)(c1ccccc1)C(C)(C)C. The lowest BCUT2D eigenvalue weighted by Crippen LogP contribution is -2.66. The van der Waals surface area contributed by atoms with E-state index in [9.17, 15) is 0 Å². The first-order chi connectivity index (χ1) is 25.0. The van der Waals surface area contributed by atoms with Crippen LogP contribution in [-0.2, 0) is 28.1 Å². The molecule has 0 radical (unpaired) electrons. The van der Waals surface area contributed by atoms with Crippen LogP contribution in [0.3, 0.4) is 0 Å². The lowest BCUT2D eigenvalue weighted by molar-refractivity contribution is -0.0130. The highest BCUT2D eigenvalue weighted by Crippen LogP contribution is 2.36. The summed E-state index contributed by atoms with van der Waals surface area (Å²) in [6, 6.07) is 21.4. The fraction of sp³-hybridized carbons (Fsp3) is 0.727. The van der Waals surface area contributed by atoms with Crippen molar-refractivity contribution in [2.45, 2.75) is 135 Å². The Morgan fingerprint density at radius 1 is 0.373 bits per heavy atom. The molecule has 0 saturated heterocycles. The summed E-state index contributed by atoms with van der Waals surface area (Å²) in [6.07, 6.45) is 22.3. The molecule has 0 spiro atoms. The summed E-state index contributed by atoms with van der Waals surface area (Å²) in [5.41, 5.74) is 0. The first-order valence-electron chi connectivity index (χ1n) is 20.7. The maximum atomic E-state index is 6.86. The predicted molar refractivity (Wildman–Crippen MR) is 217 cm³/mol. The monoisotopic (exact) mass is 729 g/mol. The standard InChI is InChI=1S/C44H76O6Si/c1-5-6-7-8-9-10-11-12-13-14-15-16-17-18-19-26-31-45-32-33-46-34-35-47-36-37-48-38-39-49-40-41-50-51(44(2,3)4,42-27-22-20-23-28-42)43-29-24-21-25-30-43/h20-25,27-30H,5-19,26,31-41H2,1-4H3. The highest BCUT2D eigenvalue weighted by Gasteiger charge is 2.50. The van der Waals surface area contributed by atoms with Crippen molar-refractivity contribution in [1.82, 2.24) is 0 Å². The summed E-state index contributed by atoms with van der Waals surface area (Å²) in [7, 11) is -2.52. The maximum Gasteiger partial charge on any atom is 0.261 e. The van der Waals surface area contributed by atoms with Gasteiger partial charge in [-0.05, 0) is 21.8 Å². The molecule has 0 aliphatic carbocycles. The Bertz CT molecular complexity index is 976. The molecule has 0 aliphatic heterocycles. The van der Waals surface area contributed by atoms with Crippen LogP contribution in [0.5, 0.6) is 0 Å². The van der Waals surface area contributed by atoms with Gasteiger partial charge in [-0.25, -0.2) is 0 Å². The minimum Gasteiger partial charge on any atom is -0.405 e. The van der Waals surface area contributed by atoms with E-state index in [2.05, 4.69) is 88.4 Å². The van der Waals surface area contributed by atoms with E-state index in [1.807, 2.05) is 0 Å². The minimum absolute atomic E-state index is 0.0391. The maximum absolute atomic E-state index is 6.86. The number of rotatable bonds is 35. The van der Waals surface area contributed by atoms with Crippen LogP contribution in [0.2, 0.25) is 5.04 Å². The normalized spacial score (nSPS) is 12.2. The van der Waals surface area contributed by atoms with E-state index in [1.165, 1.54) is 107 Å². The van der Waals surface area contributed by atoms with Gasteiger partial charge in [-0.1, -0.05) is 185 Å². The zero-order valence-corrected chi connectivity index (χ0v) is 34.3. The molecule has 0 unspecified atom stereocenters. The second kappa shape index (κ2) is 30.8. The fourth-order valence-electron chi connectivity index (χ4n) is 6.75. The molecule has 51 heavy (non-hydrogen) atoms. The average molecular weight is 729 g/mol. The van der Waals surface area contributed by atoms with Crippen molar-refractivity contribution in [3.63, 3.8) is 0 Å². The van der Waals surface area contributed by atoms with Crippen LogP contribution in [0.4, 0.5) is 0 Å². The smallest absolute Gasteiger partial charge is 0.261 e. The van der Waals surface area contributed by atoms with E-state index in [0.29, 0.717) is 66.1 Å². The quantitative estimate of drug-likeness (QED) is 0.0521. The van der Waals surface area contributed by atoms with Crippen LogP contribution in [0, 0.1) is 0 Å². The molecule has 0 aliphatic rings. The van der Waals surface area contributed by atoms with Gasteiger partial charge >= 0.3 is 0 Å². The third-order valence-electron chi connectivity index (χ3n) is 9.59. The molecule has 0 N–H and O–H groups in total. The third kappa shape index (κ3) is 21.0. The van der Waals surface area contributed by atoms with Gasteiger partial charge in [0, 0.05) is 6.61 Å². The first kappa shape index (κ1) is 45.6. The number of hydrogen-bond acceptors (Lipinski definition) is 6. The molecule has 0 amide bonds. The molecule has 7 heteroatoms. The molecule has 0 fully saturated rings. The van der Waals surface area contributed by atoms with Gasteiger partial charge in [0.2, 0.25) is 0 Å². The van der Waals surface area contributed by atoms with Crippen molar-refractivity contribution in [3.8, 4) is 0 Å². The van der Waals surface area contributed by atoms with Crippen molar-refractivity contribution in [2.75, 3.05) is 72.7 Å². The number of ether oxygens (including phenoxy) is 5. The van der Waals surface area contributed by atoms with E-state index in [4.69, 9.17) is 28.1 Å². The van der Waals surface area contributed by atoms with E-state index >= 15 is 0 Å². The van der Waals surface area contributed by atoms with Gasteiger partial charge in [0.15, 0.2) is 0 Å². The predicted octanol–water partition coefficient (Wildman–Crippen LogP) is 9.91. The van der Waals surface area contributed by atoms with Crippen molar-refractivity contribution in [3.05, 3.63) is 60.7 Å². The Balaban J connectivity index is 1.33. The highest BCUT2D eigenvalue weighted by atomic mass is 28.4. The van der Waals surface area contributed by atoms with Gasteiger partial charge < -0.3 is 28.1 Å². The first-order valence-corrected chi connectivity index (χ1v) is 22.6. The summed E-state index contributed by atoms with van der Waals surface area (Å²) in [5.74, 6) is 0. The van der Waals surface area contributed by atoms with Crippen LogP contribution in [0.25, 0.3) is 0 Å². The van der Waals surface area contributed by atoms with E-state index in [1.54, 1.807) is 0 Å². The van der Waals surface area contributed by atoms with Crippen molar-refractivity contribution in [2.24, 2.45) is 0 Å². The van der Waals surface area contributed by atoms with Gasteiger partial charge in [0.25, 0.3) is 8.32 Å². The van der Waals surface area contributed by atoms with Crippen LogP contribution in [-0.4, -0.2) is 81.0 Å². The molecule has 292 valence electrons. The largest absolute Gasteiger partial charge is 0.405 e. The Hall–Kier alpha value is -1.58. The van der Waals surface area contributed by atoms with Gasteiger partial charge in [-0.15, -0.1) is 0 Å². The molecule has 0 heterocycles. The molecule has 2 aromatic carbocycles. The number of hydrogen-bond donors (Lipinski definition) is 0. The summed E-state index contributed by atoms with van der Waals surface area (Å²) in [5, 5.41) is 2.53. The van der Waals surface area contributed by atoms with Gasteiger partial charge in [-0.2, -0.15) is 0 Å². The molecule has 6 nitrogen and oxygen atoms in total. The Labute approximate surface area is 314 Å². The second-order valence-electron chi connectivity index (χ2n) is 14.9. The molecule has 0 atom stereocenters. The zero-order valence-electron chi connectivity index (χ0n) is 33.3. The fourth-order valence-corrected chi connectivity index (χ4v) is 11.3. The number of unbranched alkanes of at least 4 members (excludes halogenated alkanes) is 15. The molecule has 0 aromatic heterocycles. The van der Waals surface area contributed by atoms with Gasteiger partial charge in [0.05, 0.1) is 66.1 Å². The summed E-state index contributed by atoms with van der Waals surface area (Å²) in [6.45, 7) is 15.7. The molecule has 0 bridgehead atoms. The van der Waals surface area contributed by atoms with Gasteiger partial charge in [0.1, 0.15) is 0 Å². The van der Waals surface area contributed by atoms with E-state index < -0.39 is 8.32 Å². The second-order valence-corrected chi connectivity index (χ2v) is 19.2. The van der Waals surface area contributed by atoms with E-state index in [0.717, 1.165) is 13.0 Å². The summed E-state index contributed by atoms with van der Waals surface area (Å²) < 4.78 is 35.4. The molecule has 2 rings (SSSR count). The molecular formula is C44H76O6Si. The van der Waals surface area contributed by atoms with Crippen LogP contribution in [0.1, 0.15) is 130 Å². The Morgan fingerprint density at radius 2 is 0.667 bits per heavy atom. The van der Waals surface area contributed by atoms with Crippen LogP contribution >= 0.6 is 0 Å². The van der Waals surface area contributed by atoms with Crippen molar-refractivity contribution < 1.29 is 28.1 Å². The van der Waals surface area contributed by atoms with E-state index in [-0.39, 0.29) is 5.04 Å². The lowest BCUT2D eigenvalue weighted by atomic mass is 10.0. The molecular weight excluding hydrogens is 653 g/mol. The Morgan fingerprint density at radius 3 is 1.00 bits per heavy atom. The van der Waals surface area contributed by atoms with Crippen LogP contribution < -0.4 is 10.4 Å². The third-order valence-corrected chi connectivity index (χ3v) is 14.6. The minimum atomic E-state index is -2.52. The van der Waals surface area contributed by atoms with Crippen molar-refractivity contribution in [1.29, 1.82) is 0 Å². The zero-order chi connectivity index (χ0) is 36.6. The topological polar surface area (TPSA) is 55.4 Å². The molecule has 2 aromatic rings. The van der Waals surface area contributed by atoms with Crippen LogP contribution in [0.15, 0.2) is 60.7 Å². The Kier molecular flexibility index (Phi) is 27.6. The molecule has 0 saturated carbocycles. The van der Waals surface area contributed by atoms with Gasteiger partial charge in [-0.3, -0.25) is 0 Å². The van der Waals surface area contributed by atoms with Crippen molar-refractivity contribution >= 4 is 18.7 Å². The average Bonchev–Trinajstić information content (AvgIpc) is 3.14. The summed E-state index contributed by atoms with van der Waals surface area (Å²) in [4.78, 5) is 0. The highest BCUT2D eigenvalue weighted by molar-refractivity contribution is 6.99. The lowest BCUT2D eigenvalue weighted by Gasteiger charge is -2.43.